The van der Waals surface area contributed by atoms with Crippen molar-refractivity contribution in [2.75, 3.05) is 13.1 Å². The molecule has 0 unspecified atom stereocenters. The topological polar surface area (TPSA) is 50.5 Å². The first-order valence-electron chi connectivity index (χ1n) is 12.2. The van der Waals surface area contributed by atoms with Gasteiger partial charge < -0.3 is 9.84 Å². The maximum absolute atomic E-state index is 13.5. The number of aliphatic hydroxyl groups is 1. The molecule has 1 fully saturated rings. The number of aryl methyl sites for hydroxylation is 1. The molecule has 1 aliphatic rings. The highest BCUT2D eigenvalue weighted by Gasteiger charge is 2.28. The lowest BCUT2D eigenvalue weighted by molar-refractivity contribution is 0.0990. The molecule has 3 aromatic rings. The summed E-state index contributed by atoms with van der Waals surface area (Å²) in [5.74, 6) is 1.57. The molecule has 0 bridgehead atoms. The number of rotatable bonds is 13. The van der Waals surface area contributed by atoms with Gasteiger partial charge in [-0.3, -0.25) is 4.90 Å². The summed E-state index contributed by atoms with van der Waals surface area (Å²) in [5, 5.41) is 15.5. The summed E-state index contributed by atoms with van der Waals surface area (Å²) in [5.41, 5.74) is 2.87. The van der Waals surface area contributed by atoms with E-state index in [-0.39, 0.29) is 5.82 Å². The SMILES string of the molecule is C=CCC[C@@H](O)CN(Cc1c(CC)nn(-c2ccccc2)c1Oc1ccc(F)cc1)CC1CC1. The summed E-state index contributed by atoms with van der Waals surface area (Å²) >= 11 is 0. The standard InChI is InChI=1S/C28H34FN3O2/c1-3-5-11-24(33)19-31(18-21-12-13-21)20-26-27(4-2)30-32(23-9-7-6-8-10-23)28(26)34-25-16-14-22(29)15-17-25/h3,6-10,14-17,21,24,33H,1,4-5,11-13,18-20H2,2H3/t24-/m1/s1. The van der Waals surface area contributed by atoms with Crippen LogP contribution in [-0.4, -0.2) is 39.0 Å². The molecule has 1 N–H and O–H groups in total. The molecular weight excluding hydrogens is 429 g/mol. The van der Waals surface area contributed by atoms with Crippen LogP contribution in [0.4, 0.5) is 4.39 Å². The number of aliphatic hydroxyl groups excluding tert-OH is 1. The molecule has 1 heterocycles. The van der Waals surface area contributed by atoms with Gasteiger partial charge in [-0.2, -0.15) is 5.10 Å². The third-order valence-corrected chi connectivity index (χ3v) is 6.15. The molecule has 180 valence electrons. The summed E-state index contributed by atoms with van der Waals surface area (Å²) < 4.78 is 21.7. The summed E-state index contributed by atoms with van der Waals surface area (Å²) in [6, 6.07) is 16.0. The van der Waals surface area contributed by atoms with Crippen LogP contribution in [0.2, 0.25) is 0 Å². The molecular formula is C28H34FN3O2. The number of benzene rings is 2. The van der Waals surface area contributed by atoms with Gasteiger partial charge in [-0.1, -0.05) is 31.2 Å². The minimum Gasteiger partial charge on any atom is -0.439 e. The predicted molar refractivity (Wildman–Crippen MR) is 133 cm³/mol. The third-order valence-electron chi connectivity index (χ3n) is 6.15. The van der Waals surface area contributed by atoms with Crippen LogP contribution in [-0.2, 0) is 13.0 Å². The second-order valence-corrected chi connectivity index (χ2v) is 9.04. The van der Waals surface area contributed by atoms with Crippen LogP contribution in [0.3, 0.4) is 0 Å². The Hall–Kier alpha value is -2.96. The first kappa shape index (κ1) is 24.2. The van der Waals surface area contributed by atoms with Gasteiger partial charge in [0, 0.05) is 19.6 Å². The minimum atomic E-state index is -0.410. The second-order valence-electron chi connectivity index (χ2n) is 9.04. The average molecular weight is 464 g/mol. The van der Waals surface area contributed by atoms with Crippen molar-refractivity contribution in [2.24, 2.45) is 5.92 Å². The van der Waals surface area contributed by atoms with E-state index in [0.29, 0.717) is 37.1 Å². The number of ether oxygens (including phenoxy) is 1. The normalized spacial score (nSPS) is 14.4. The molecule has 5 nitrogen and oxygen atoms in total. The van der Waals surface area contributed by atoms with Crippen molar-refractivity contribution < 1.29 is 14.2 Å². The number of halogens is 1. The Morgan fingerprint density at radius 3 is 2.59 bits per heavy atom. The fraction of sp³-hybridized carbons (Fsp3) is 0.393. The van der Waals surface area contributed by atoms with E-state index in [0.717, 1.165) is 36.3 Å². The van der Waals surface area contributed by atoms with Crippen molar-refractivity contribution in [2.45, 2.75) is 51.7 Å². The lowest BCUT2D eigenvalue weighted by Gasteiger charge is -2.25. The molecule has 4 rings (SSSR count). The lowest BCUT2D eigenvalue weighted by Crippen LogP contribution is -2.34. The van der Waals surface area contributed by atoms with Gasteiger partial charge >= 0.3 is 0 Å². The van der Waals surface area contributed by atoms with E-state index in [1.165, 1.54) is 25.0 Å². The number of hydrogen-bond donors (Lipinski definition) is 1. The van der Waals surface area contributed by atoms with Crippen molar-refractivity contribution in [1.29, 1.82) is 0 Å². The minimum absolute atomic E-state index is 0.303. The molecule has 34 heavy (non-hydrogen) atoms. The van der Waals surface area contributed by atoms with E-state index in [2.05, 4.69) is 18.4 Å². The zero-order valence-electron chi connectivity index (χ0n) is 19.9. The first-order chi connectivity index (χ1) is 16.6. The fourth-order valence-electron chi connectivity index (χ4n) is 4.18. The Morgan fingerprint density at radius 1 is 1.21 bits per heavy atom. The fourth-order valence-corrected chi connectivity index (χ4v) is 4.18. The molecule has 2 aromatic carbocycles. The second kappa shape index (κ2) is 11.4. The number of aromatic nitrogens is 2. The zero-order chi connectivity index (χ0) is 23.9. The zero-order valence-corrected chi connectivity index (χ0v) is 19.9. The first-order valence-corrected chi connectivity index (χ1v) is 12.2. The molecule has 0 radical (unpaired) electrons. The number of para-hydroxylation sites is 1. The van der Waals surface area contributed by atoms with Gasteiger partial charge in [0.25, 0.3) is 0 Å². The van der Waals surface area contributed by atoms with Gasteiger partial charge in [0.05, 0.1) is 23.0 Å². The van der Waals surface area contributed by atoms with Crippen LogP contribution >= 0.6 is 0 Å². The van der Waals surface area contributed by atoms with E-state index in [1.807, 2.05) is 41.1 Å². The van der Waals surface area contributed by atoms with Crippen molar-refractivity contribution in [1.82, 2.24) is 14.7 Å². The Morgan fingerprint density at radius 2 is 1.94 bits per heavy atom. The van der Waals surface area contributed by atoms with Crippen LogP contribution in [0.5, 0.6) is 11.6 Å². The van der Waals surface area contributed by atoms with Crippen molar-refractivity contribution in [3.8, 4) is 17.3 Å². The molecule has 0 aliphatic heterocycles. The smallest absolute Gasteiger partial charge is 0.227 e. The van der Waals surface area contributed by atoms with Gasteiger partial charge in [0.15, 0.2) is 0 Å². The van der Waals surface area contributed by atoms with Gasteiger partial charge in [-0.05, 0) is 74.4 Å². The van der Waals surface area contributed by atoms with Crippen molar-refractivity contribution in [3.05, 3.63) is 84.3 Å². The number of hydrogen-bond acceptors (Lipinski definition) is 4. The summed E-state index contributed by atoms with van der Waals surface area (Å²) in [6.07, 6.45) is 6.17. The highest BCUT2D eigenvalue weighted by molar-refractivity contribution is 5.43. The molecule has 6 heteroatoms. The molecule has 1 saturated carbocycles. The predicted octanol–water partition coefficient (Wildman–Crippen LogP) is 5.91. The van der Waals surface area contributed by atoms with Crippen LogP contribution in [0.1, 0.15) is 43.9 Å². The lowest BCUT2D eigenvalue weighted by atomic mass is 10.1. The van der Waals surface area contributed by atoms with Crippen LogP contribution in [0.25, 0.3) is 5.69 Å². The molecule has 0 amide bonds. The van der Waals surface area contributed by atoms with Crippen molar-refractivity contribution >= 4 is 0 Å². The highest BCUT2D eigenvalue weighted by Crippen LogP contribution is 2.34. The maximum Gasteiger partial charge on any atom is 0.227 e. The van der Waals surface area contributed by atoms with E-state index in [9.17, 15) is 9.50 Å². The Bertz CT molecular complexity index is 1060. The third kappa shape index (κ3) is 6.33. The highest BCUT2D eigenvalue weighted by atomic mass is 19.1. The Kier molecular flexibility index (Phi) is 8.14. The average Bonchev–Trinajstić information content (AvgIpc) is 3.60. The van der Waals surface area contributed by atoms with E-state index in [4.69, 9.17) is 9.84 Å². The maximum atomic E-state index is 13.5. The summed E-state index contributed by atoms with van der Waals surface area (Å²) in [6.45, 7) is 8.04. The molecule has 1 aliphatic carbocycles. The van der Waals surface area contributed by atoms with Crippen LogP contribution in [0, 0.1) is 11.7 Å². The van der Waals surface area contributed by atoms with Gasteiger partial charge in [0.1, 0.15) is 11.6 Å². The van der Waals surface area contributed by atoms with Gasteiger partial charge in [-0.25, -0.2) is 9.07 Å². The summed E-state index contributed by atoms with van der Waals surface area (Å²) in [7, 11) is 0. The quantitative estimate of drug-likeness (QED) is 0.321. The Balaban J connectivity index is 1.69. The van der Waals surface area contributed by atoms with Crippen LogP contribution < -0.4 is 4.74 Å². The molecule has 1 aromatic heterocycles. The van der Waals surface area contributed by atoms with Crippen LogP contribution in [0.15, 0.2) is 67.3 Å². The largest absolute Gasteiger partial charge is 0.439 e. The van der Waals surface area contributed by atoms with E-state index >= 15 is 0 Å². The molecule has 0 spiro atoms. The molecule has 0 saturated heterocycles. The number of nitrogens with zero attached hydrogens (tertiary/aromatic N) is 3. The summed E-state index contributed by atoms with van der Waals surface area (Å²) in [4.78, 5) is 2.33. The monoisotopic (exact) mass is 463 g/mol. The Labute approximate surface area is 201 Å². The van der Waals surface area contributed by atoms with E-state index < -0.39 is 6.10 Å². The van der Waals surface area contributed by atoms with Crippen molar-refractivity contribution in [3.63, 3.8) is 0 Å². The number of allylic oxidation sites excluding steroid dienone is 1. The van der Waals surface area contributed by atoms with Gasteiger partial charge in [0.2, 0.25) is 5.88 Å². The van der Waals surface area contributed by atoms with E-state index in [1.54, 1.807) is 12.1 Å². The van der Waals surface area contributed by atoms with Gasteiger partial charge in [-0.15, -0.1) is 6.58 Å². The molecule has 1 atom stereocenters.